The minimum absolute atomic E-state index is 0.173. The number of rotatable bonds is 7. The average Bonchev–Trinajstić information content (AvgIpc) is 3.85. The third-order valence-corrected chi connectivity index (χ3v) is 12.9. The third kappa shape index (κ3) is 6.42. The van der Waals surface area contributed by atoms with Crippen LogP contribution < -0.4 is 0 Å². The van der Waals surface area contributed by atoms with Gasteiger partial charge in [0.2, 0.25) is 0 Å². The molecule has 0 saturated heterocycles. The van der Waals surface area contributed by atoms with E-state index < -0.39 is 0 Å². The van der Waals surface area contributed by atoms with E-state index in [2.05, 4.69) is 220 Å². The first kappa shape index (κ1) is 37.5. The lowest BCUT2D eigenvalue weighted by Gasteiger charge is -2.21. The molecule has 1 aliphatic carbocycles. The molecular weight excluding hydrogens is 779 g/mol. The van der Waals surface area contributed by atoms with Gasteiger partial charge in [-0.15, -0.1) is 0 Å². The van der Waals surface area contributed by atoms with Crippen LogP contribution in [-0.4, -0.2) is 15.0 Å². The third-order valence-electron chi connectivity index (χ3n) is 12.9. The van der Waals surface area contributed by atoms with E-state index in [-0.39, 0.29) is 5.41 Å². The Morgan fingerprint density at radius 3 is 1.50 bits per heavy atom. The van der Waals surface area contributed by atoms with E-state index in [4.69, 9.17) is 19.4 Å². The van der Waals surface area contributed by atoms with Crippen LogP contribution in [0.2, 0.25) is 0 Å². The summed E-state index contributed by atoms with van der Waals surface area (Å²) >= 11 is 0. The van der Waals surface area contributed by atoms with Gasteiger partial charge >= 0.3 is 0 Å². The molecule has 4 heteroatoms. The molecule has 0 radical (unpaired) electrons. The SMILES string of the molecule is CC1(C)c2ccccc2-c2ccc(-c3nc(-c4cccc(-c5ccc6c(c5)oc5cccc(-c7ccccc7)c56)c4)nc(-c4cc(-c5ccccc5)cc(-c5ccccc5)c4)n3)cc21. The Labute approximate surface area is 372 Å². The second-order valence-electron chi connectivity index (χ2n) is 17.2. The summed E-state index contributed by atoms with van der Waals surface area (Å²) in [6.45, 7) is 4.62. The number of benzene rings is 9. The zero-order valence-corrected chi connectivity index (χ0v) is 35.5. The minimum Gasteiger partial charge on any atom is -0.456 e. The average molecular weight is 820 g/mol. The van der Waals surface area contributed by atoms with E-state index in [0.29, 0.717) is 17.5 Å². The predicted molar refractivity (Wildman–Crippen MR) is 263 cm³/mol. The molecule has 0 atom stereocenters. The van der Waals surface area contributed by atoms with Gasteiger partial charge in [-0.1, -0.05) is 178 Å². The second-order valence-corrected chi connectivity index (χ2v) is 17.2. The number of fused-ring (bicyclic) bond motifs is 6. The minimum atomic E-state index is -0.173. The summed E-state index contributed by atoms with van der Waals surface area (Å²) in [5.41, 5.74) is 18.3. The van der Waals surface area contributed by atoms with Crippen molar-refractivity contribution >= 4 is 21.9 Å². The molecule has 0 fully saturated rings. The van der Waals surface area contributed by atoms with E-state index in [9.17, 15) is 0 Å². The molecule has 0 N–H and O–H groups in total. The van der Waals surface area contributed by atoms with Crippen LogP contribution in [0.5, 0.6) is 0 Å². The van der Waals surface area contributed by atoms with Crippen LogP contribution in [0.3, 0.4) is 0 Å². The van der Waals surface area contributed by atoms with Gasteiger partial charge in [-0.2, -0.15) is 0 Å². The number of furan rings is 1. The monoisotopic (exact) mass is 819 g/mol. The number of nitrogens with zero attached hydrogens (tertiary/aromatic N) is 3. The highest BCUT2D eigenvalue weighted by molar-refractivity contribution is 6.13. The number of hydrogen-bond acceptors (Lipinski definition) is 4. The molecule has 0 bridgehead atoms. The van der Waals surface area contributed by atoms with Crippen LogP contribution in [0.25, 0.3) is 112 Å². The van der Waals surface area contributed by atoms with Crippen molar-refractivity contribution in [3.05, 3.63) is 223 Å². The summed E-state index contributed by atoms with van der Waals surface area (Å²) in [5, 5.41) is 2.22. The first-order valence-electron chi connectivity index (χ1n) is 21.8. The van der Waals surface area contributed by atoms with Crippen LogP contribution in [-0.2, 0) is 5.41 Å². The van der Waals surface area contributed by atoms with Crippen molar-refractivity contribution < 1.29 is 4.42 Å². The van der Waals surface area contributed by atoms with Gasteiger partial charge in [0, 0.05) is 32.9 Å². The largest absolute Gasteiger partial charge is 0.456 e. The molecule has 2 aromatic heterocycles. The first-order valence-corrected chi connectivity index (χ1v) is 21.8. The fraction of sp³-hybridized carbons (Fsp3) is 0.0500. The van der Waals surface area contributed by atoms with Gasteiger partial charge in [-0.05, 0) is 115 Å². The van der Waals surface area contributed by atoms with Crippen LogP contribution in [0.4, 0.5) is 0 Å². The topological polar surface area (TPSA) is 51.8 Å². The summed E-state index contributed by atoms with van der Waals surface area (Å²) in [4.78, 5) is 15.9. The molecule has 0 aliphatic heterocycles. The molecule has 302 valence electrons. The maximum atomic E-state index is 6.54. The lowest BCUT2D eigenvalue weighted by molar-refractivity contribution is 0.660. The molecule has 12 rings (SSSR count). The lowest BCUT2D eigenvalue weighted by Crippen LogP contribution is -2.15. The summed E-state index contributed by atoms with van der Waals surface area (Å²) in [6.07, 6.45) is 0. The molecule has 0 spiro atoms. The van der Waals surface area contributed by atoms with Crippen LogP contribution in [0, 0.1) is 0 Å². The van der Waals surface area contributed by atoms with Gasteiger partial charge in [0.05, 0.1) is 0 Å². The van der Waals surface area contributed by atoms with E-state index >= 15 is 0 Å². The molecule has 1 aliphatic rings. The standard InChI is InChI=1S/C60H41N3O/c1-60(2)52-26-13-12-24-49(52)50-30-29-44(36-53(50)60)58-61-57(62-59(63-58)47-34-45(38-16-6-3-7-17-38)33-46(35-47)39-18-8-4-9-19-39)43-23-14-22-41(32-43)42-28-31-51-55(37-42)64-54-27-15-25-48(56(51)54)40-20-10-5-11-21-40/h3-37H,1-2H3. The maximum Gasteiger partial charge on any atom is 0.164 e. The summed E-state index contributed by atoms with van der Waals surface area (Å²) in [6, 6.07) is 75.0. The highest BCUT2D eigenvalue weighted by atomic mass is 16.3. The molecule has 0 unspecified atom stereocenters. The van der Waals surface area contributed by atoms with Gasteiger partial charge in [0.25, 0.3) is 0 Å². The van der Waals surface area contributed by atoms with Gasteiger partial charge in [0.1, 0.15) is 11.2 Å². The molecule has 0 saturated carbocycles. The first-order chi connectivity index (χ1) is 31.4. The van der Waals surface area contributed by atoms with Crippen molar-refractivity contribution in [3.8, 4) is 89.8 Å². The predicted octanol–water partition coefficient (Wildman–Crippen LogP) is 15.7. The molecule has 64 heavy (non-hydrogen) atoms. The van der Waals surface area contributed by atoms with E-state index in [0.717, 1.165) is 77.6 Å². The van der Waals surface area contributed by atoms with Crippen LogP contribution >= 0.6 is 0 Å². The van der Waals surface area contributed by atoms with Gasteiger partial charge in [0.15, 0.2) is 17.5 Å². The Morgan fingerprint density at radius 1 is 0.312 bits per heavy atom. The Kier molecular flexibility index (Phi) is 8.80. The van der Waals surface area contributed by atoms with Gasteiger partial charge in [-0.3, -0.25) is 0 Å². The maximum absolute atomic E-state index is 6.54. The van der Waals surface area contributed by atoms with Crippen LogP contribution in [0.1, 0.15) is 25.0 Å². The Hall–Kier alpha value is -8.21. The van der Waals surface area contributed by atoms with E-state index in [1.54, 1.807) is 0 Å². The van der Waals surface area contributed by atoms with E-state index in [1.165, 1.54) is 27.8 Å². The number of hydrogen-bond donors (Lipinski definition) is 0. The van der Waals surface area contributed by atoms with Gasteiger partial charge < -0.3 is 4.42 Å². The fourth-order valence-electron chi connectivity index (χ4n) is 9.66. The Balaban J connectivity index is 1.02. The summed E-state index contributed by atoms with van der Waals surface area (Å²) < 4.78 is 6.54. The Bertz CT molecular complexity index is 3510. The van der Waals surface area contributed by atoms with Crippen molar-refractivity contribution in [2.45, 2.75) is 19.3 Å². The quantitative estimate of drug-likeness (QED) is 0.161. The van der Waals surface area contributed by atoms with Crippen molar-refractivity contribution in [3.63, 3.8) is 0 Å². The highest BCUT2D eigenvalue weighted by Gasteiger charge is 2.35. The van der Waals surface area contributed by atoms with Crippen molar-refractivity contribution in [1.29, 1.82) is 0 Å². The number of aromatic nitrogens is 3. The summed E-state index contributed by atoms with van der Waals surface area (Å²) in [5.74, 6) is 1.85. The van der Waals surface area contributed by atoms with Gasteiger partial charge in [-0.25, -0.2) is 15.0 Å². The smallest absolute Gasteiger partial charge is 0.164 e. The highest BCUT2D eigenvalue weighted by Crippen LogP contribution is 2.49. The zero-order chi connectivity index (χ0) is 42.8. The molecule has 2 heterocycles. The fourth-order valence-corrected chi connectivity index (χ4v) is 9.66. The summed E-state index contributed by atoms with van der Waals surface area (Å²) in [7, 11) is 0. The van der Waals surface area contributed by atoms with Crippen molar-refractivity contribution in [2.24, 2.45) is 0 Å². The second kappa shape index (κ2) is 15.0. The molecule has 9 aromatic carbocycles. The van der Waals surface area contributed by atoms with Crippen molar-refractivity contribution in [1.82, 2.24) is 15.0 Å². The normalized spacial score (nSPS) is 12.7. The Morgan fingerprint density at radius 2 is 0.797 bits per heavy atom. The zero-order valence-electron chi connectivity index (χ0n) is 35.5. The van der Waals surface area contributed by atoms with E-state index in [1.807, 2.05) is 6.07 Å². The molecule has 11 aromatic rings. The lowest BCUT2D eigenvalue weighted by atomic mass is 9.82. The molecular formula is C60H41N3O. The molecule has 0 amide bonds. The molecule has 4 nitrogen and oxygen atoms in total. The van der Waals surface area contributed by atoms with Crippen molar-refractivity contribution in [2.75, 3.05) is 0 Å². The van der Waals surface area contributed by atoms with Crippen LogP contribution in [0.15, 0.2) is 217 Å².